The minimum absolute atomic E-state index is 0.0942. The molecule has 2 heterocycles. The lowest BCUT2D eigenvalue weighted by atomic mass is 9.95. The third kappa shape index (κ3) is 4.55. The highest BCUT2D eigenvalue weighted by Gasteiger charge is 2.22. The second kappa shape index (κ2) is 6.93. The van der Waals surface area contributed by atoms with Crippen molar-refractivity contribution in [2.24, 2.45) is 0 Å². The Morgan fingerprint density at radius 2 is 1.95 bits per heavy atom. The molecule has 0 aliphatic carbocycles. The first kappa shape index (κ1) is 16.5. The number of hydrogen-bond donors (Lipinski definition) is 1. The topological polar surface area (TPSA) is 32.3 Å². The Morgan fingerprint density at radius 3 is 2.52 bits per heavy atom. The molecule has 1 atom stereocenters. The van der Waals surface area contributed by atoms with Crippen LogP contribution in [0.15, 0.2) is 12.1 Å². The summed E-state index contributed by atoms with van der Waals surface area (Å²) in [5.41, 5.74) is 0.207. The van der Waals surface area contributed by atoms with Gasteiger partial charge in [0.05, 0.1) is 6.04 Å². The number of nitrogens with zero attached hydrogens (tertiary/aromatic N) is 1. The van der Waals surface area contributed by atoms with Crippen LogP contribution in [0.5, 0.6) is 0 Å². The maximum atomic E-state index is 12.4. The summed E-state index contributed by atoms with van der Waals surface area (Å²) >= 11 is 1.84. The molecular formula is C17H28N2OS. The van der Waals surface area contributed by atoms with Gasteiger partial charge in [0.1, 0.15) is 0 Å². The van der Waals surface area contributed by atoms with Crippen molar-refractivity contribution < 1.29 is 4.79 Å². The molecule has 0 spiro atoms. The van der Waals surface area contributed by atoms with Crippen molar-refractivity contribution in [3.8, 4) is 0 Å². The van der Waals surface area contributed by atoms with E-state index < -0.39 is 0 Å². The zero-order valence-electron chi connectivity index (χ0n) is 13.7. The van der Waals surface area contributed by atoms with E-state index in [2.05, 4.69) is 38.2 Å². The lowest BCUT2D eigenvalue weighted by Crippen LogP contribution is -2.46. The number of piperidine rings is 1. The summed E-state index contributed by atoms with van der Waals surface area (Å²) in [5.74, 6) is 0.252. The van der Waals surface area contributed by atoms with Crippen molar-refractivity contribution in [2.75, 3.05) is 13.1 Å². The molecule has 21 heavy (non-hydrogen) atoms. The van der Waals surface area contributed by atoms with Crippen molar-refractivity contribution in [1.82, 2.24) is 10.2 Å². The molecule has 0 radical (unpaired) electrons. The highest BCUT2D eigenvalue weighted by Crippen LogP contribution is 2.29. The molecule has 118 valence electrons. The van der Waals surface area contributed by atoms with Gasteiger partial charge in [0.15, 0.2) is 0 Å². The maximum absolute atomic E-state index is 12.4. The first-order chi connectivity index (χ1) is 9.88. The highest BCUT2D eigenvalue weighted by molar-refractivity contribution is 7.12. The molecular weight excluding hydrogens is 280 g/mol. The van der Waals surface area contributed by atoms with Gasteiger partial charge in [-0.2, -0.15) is 0 Å². The highest BCUT2D eigenvalue weighted by atomic mass is 32.1. The quantitative estimate of drug-likeness (QED) is 0.923. The van der Waals surface area contributed by atoms with Crippen LogP contribution in [0.2, 0.25) is 0 Å². The summed E-state index contributed by atoms with van der Waals surface area (Å²) in [6.45, 7) is 11.3. The Hall–Kier alpha value is -0.870. The molecule has 1 unspecified atom stereocenters. The molecule has 1 fully saturated rings. The van der Waals surface area contributed by atoms with E-state index in [9.17, 15) is 4.79 Å². The molecule has 0 saturated carbocycles. The fraction of sp³-hybridized carbons (Fsp3) is 0.706. The van der Waals surface area contributed by atoms with Gasteiger partial charge in [0.2, 0.25) is 5.91 Å². The van der Waals surface area contributed by atoms with Crippen LogP contribution in [0.3, 0.4) is 0 Å². The molecule has 1 aliphatic rings. The van der Waals surface area contributed by atoms with Crippen LogP contribution in [-0.2, 0) is 16.8 Å². The third-order valence-corrected chi connectivity index (χ3v) is 5.53. The number of carbonyl (C=O) groups excluding carboxylic acids is 1. The predicted octanol–water partition coefficient (Wildman–Crippen LogP) is 3.54. The number of thiophene rings is 1. The third-order valence-electron chi connectivity index (χ3n) is 4.02. The molecule has 1 amide bonds. The number of likely N-dealkylation sites (tertiary alicyclic amines) is 1. The predicted molar refractivity (Wildman–Crippen MR) is 89.8 cm³/mol. The summed E-state index contributed by atoms with van der Waals surface area (Å²) in [6.07, 6.45) is 3.56. The summed E-state index contributed by atoms with van der Waals surface area (Å²) in [7, 11) is 0. The van der Waals surface area contributed by atoms with Gasteiger partial charge >= 0.3 is 0 Å². The fourth-order valence-corrected chi connectivity index (χ4v) is 3.62. The van der Waals surface area contributed by atoms with E-state index in [1.165, 1.54) is 16.2 Å². The monoisotopic (exact) mass is 308 g/mol. The van der Waals surface area contributed by atoms with Gasteiger partial charge < -0.3 is 10.2 Å². The van der Waals surface area contributed by atoms with Crippen molar-refractivity contribution in [1.29, 1.82) is 0 Å². The second-order valence-electron chi connectivity index (χ2n) is 7.00. The van der Waals surface area contributed by atoms with E-state index >= 15 is 0 Å². The largest absolute Gasteiger partial charge is 0.341 e. The van der Waals surface area contributed by atoms with Crippen molar-refractivity contribution in [3.05, 3.63) is 21.9 Å². The van der Waals surface area contributed by atoms with Gasteiger partial charge in [0, 0.05) is 29.4 Å². The molecule has 1 aliphatic heterocycles. The van der Waals surface area contributed by atoms with Gasteiger partial charge in [-0.1, -0.05) is 20.8 Å². The Bertz CT molecular complexity index is 469. The Morgan fingerprint density at radius 1 is 1.29 bits per heavy atom. The minimum atomic E-state index is -0.0942. The number of carbonyl (C=O) groups is 1. The number of rotatable bonds is 4. The number of nitrogens with one attached hydrogen (secondary N) is 1. The maximum Gasteiger partial charge on any atom is 0.239 e. The lowest BCUT2D eigenvalue weighted by Gasteiger charge is -2.29. The molecule has 1 saturated heterocycles. The Kier molecular flexibility index (Phi) is 5.44. The van der Waals surface area contributed by atoms with Crippen LogP contribution in [0.1, 0.15) is 56.7 Å². The molecule has 0 aromatic carbocycles. The van der Waals surface area contributed by atoms with Crippen LogP contribution in [0, 0.1) is 0 Å². The van der Waals surface area contributed by atoms with E-state index in [1.807, 2.05) is 23.2 Å². The Balaban J connectivity index is 1.84. The normalized spacial score (nSPS) is 17.8. The van der Waals surface area contributed by atoms with Gasteiger partial charge in [-0.05, 0) is 43.7 Å². The smallest absolute Gasteiger partial charge is 0.239 e. The number of amides is 1. The van der Waals surface area contributed by atoms with Crippen LogP contribution < -0.4 is 5.32 Å². The molecule has 4 heteroatoms. The average Bonchev–Trinajstić information content (AvgIpc) is 2.94. The van der Waals surface area contributed by atoms with Crippen molar-refractivity contribution in [3.63, 3.8) is 0 Å². The van der Waals surface area contributed by atoms with E-state index in [0.29, 0.717) is 0 Å². The van der Waals surface area contributed by atoms with E-state index in [0.717, 1.165) is 32.5 Å². The fourth-order valence-electron chi connectivity index (χ4n) is 2.61. The summed E-state index contributed by atoms with van der Waals surface area (Å²) < 4.78 is 0. The van der Waals surface area contributed by atoms with E-state index in [1.54, 1.807) is 0 Å². The van der Waals surface area contributed by atoms with Crippen LogP contribution >= 0.6 is 11.3 Å². The van der Waals surface area contributed by atoms with Gasteiger partial charge in [-0.15, -0.1) is 11.3 Å². The zero-order chi connectivity index (χ0) is 15.5. The average molecular weight is 308 g/mol. The summed E-state index contributed by atoms with van der Waals surface area (Å²) in [4.78, 5) is 17.1. The van der Waals surface area contributed by atoms with Crippen LogP contribution in [-0.4, -0.2) is 29.9 Å². The van der Waals surface area contributed by atoms with Gasteiger partial charge in [-0.3, -0.25) is 4.79 Å². The second-order valence-corrected chi connectivity index (χ2v) is 8.17. The SMILES string of the molecule is CC(NCc1ccc(C(C)(C)C)s1)C(=O)N1CCCCC1. The standard InChI is InChI=1S/C17H28N2OS/c1-13(16(20)19-10-6-5-7-11-19)18-12-14-8-9-15(21-14)17(2,3)4/h8-9,13,18H,5-7,10-12H2,1-4H3. The van der Waals surface area contributed by atoms with Crippen molar-refractivity contribution >= 4 is 17.2 Å². The van der Waals surface area contributed by atoms with Gasteiger partial charge in [-0.25, -0.2) is 0 Å². The summed E-state index contributed by atoms with van der Waals surface area (Å²) in [6, 6.07) is 4.29. The first-order valence-electron chi connectivity index (χ1n) is 7.99. The molecule has 3 nitrogen and oxygen atoms in total. The Labute approximate surface area is 132 Å². The van der Waals surface area contributed by atoms with E-state index in [4.69, 9.17) is 0 Å². The molecule has 1 aromatic heterocycles. The molecule has 1 N–H and O–H groups in total. The molecule has 2 rings (SSSR count). The lowest BCUT2D eigenvalue weighted by molar-refractivity contribution is -0.133. The molecule has 1 aromatic rings. The van der Waals surface area contributed by atoms with Crippen LogP contribution in [0.25, 0.3) is 0 Å². The minimum Gasteiger partial charge on any atom is -0.341 e. The molecule has 0 bridgehead atoms. The first-order valence-corrected chi connectivity index (χ1v) is 8.81. The zero-order valence-corrected chi connectivity index (χ0v) is 14.6. The van der Waals surface area contributed by atoms with Crippen molar-refractivity contribution in [2.45, 2.75) is 65.0 Å². The number of hydrogen-bond acceptors (Lipinski definition) is 3. The summed E-state index contributed by atoms with van der Waals surface area (Å²) in [5, 5.41) is 3.38. The van der Waals surface area contributed by atoms with E-state index in [-0.39, 0.29) is 17.4 Å². The van der Waals surface area contributed by atoms with Gasteiger partial charge in [0.25, 0.3) is 0 Å². The van der Waals surface area contributed by atoms with Crippen LogP contribution in [0.4, 0.5) is 0 Å².